The van der Waals surface area contributed by atoms with Crippen molar-refractivity contribution in [2.75, 3.05) is 23.1 Å². The zero-order valence-corrected chi connectivity index (χ0v) is 36.0. The second kappa shape index (κ2) is 23.9. The van der Waals surface area contributed by atoms with Crippen LogP contribution in [0, 0.1) is 5.92 Å². The van der Waals surface area contributed by atoms with Crippen LogP contribution in [0.5, 0.6) is 0 Å². The van der Waals surface area contributed by atoms with E-state index in [4.69, 9.17) is 11.6 Å². The van der Waals surface area contributed by atoms with Gasteiger partial charge in [0.2, 0.25) is 23.6 Å². The lowest BCUT2D eigenvalue weighted by atomic mass is 9.97. The van der Waals surface area contributed by atoms with E-state index in [1.165, 1.54) is 6.20 Å². The molecular weight excluding hydrogens is 836 g/mol. The summed E-state index contributed by atoms with van der Waals surface area (Å²) in [6, 6.07) is -2.00. The second-order valence-electron chi connectivity index (χ2n) is 15.6. The number of urea groups is 1. The fourth-order valence-corrected chi connectivity index (χ4v) is 9.31. The number of carbonyl (C=O) groups is 9. The third kappa shape index (κ3) is 14.3. The first-order chi connectivity index (χ1) is 29.1. The number of pyridine rings is 1. The van der Waals surface area contributed by atoms with Gasteiger partial charge < -0.3 is 42.1 Å². The Bertz CT molecular complexity index is 1790. The highest BCUT2D eigenvalue weighted by molar-refractivity contribution is 8.00. The van der Waals surface area contributed by atoms with Gasteiger partial charge in [0, 0.05) is 49.4 Å². The van der Waals surface area contributed by atoms with Gasteiger partial charge in [-0.05, 0) is 49.7 Å². The molecular formula is C40H57ClN8O11S. The number of carboxylic acid groups (broad SMARTS) is 2. The van der Waals surface area contributed by atoms with Gasteiger partial charge in [0.1, 0.15) is 23.9 Å². The maximum atomic E-state index is 14.3. The number of carbonyl (C=O) groups excluding carboxylic acids is 7. The summed E-state index contributed by atoms with van der Waals surface area (Å²) in [5.74, 6) is -6.33. The fraction of sp³-hybridized carbons (Fsp3) is 0.650. The number of Topliss-reactive ketones (excluding diaryl/α,β-unsaturated/α-hetero) is 1. The van der Waals surface area contributed by atoms with E-state index in [0.29, 0.717) is 49.5 Å². The Morgan fingerprint density at radius 2 is 1.67 bits per heavy atom. The first kappa shape index (κ1) is 48.7. The summed E-state index contributed by atoms with van der Waals surface area (Å²) in [5.41, 5.74) is 0.466. The molecule has 19 nitrogen and oxygen atoms in total. The number of carboxylic acids is 2. The number of hydrogen-bond acceptors (Lipinski definition) is 11. The van der Waals surface area contributed by atoms with Crippen molar-refractivity contribution in [1.29, 1.82) is 0 Å². The second-order valence-corrected chi connectivity index (χ2v) is 17.2. The Morgan fingerprint density at radius 1 is 0.934 bits per heavy atom. The van der Waals surface area contributed by atoms with Crippen LogP contribution in [0.4, 0.5) is 10.6 Å². The van der Waals surface area contributed by atoms with Crippen molar-refractivity contribution in [2.24, 2.45) is 5.92 Å². The SMILES string of the molecule is CC[C@H](C)[C@H](NC(=O)CCCCCNC(=O)CCCC[C@@H]1SC[C@@H]2NC(=O)N[C@@H]21)C(=O)N[C@@H](CCC(=O)O)C(=O)N1c2ncccc2C[C@H]1C(=O)NC(CC(=O)O)C(=O)CCl. The van der Waals surface area contributed by atoms with Crippen LogP contribution in [0.25, 0.3) is 0 Å². The third-order valence-electron chi connectivity index (χ3n) is 11.1. The van der Waals surface area contributed by atoms with Gasteiger partial charge in [-0.1, -0.05) is 39.2 Å². The summed E-state index contributed by atoms with van der Waals surface area (Å²) in [7, 11) is 0. The van der Waals surface area contributed by atoms with Crippen LogP contribution < -0.4 is 36.8 Å². The van der Waals surface area contributed by atoms with E-state index in [1.807, 2.05) is 18.7 Å². The van der Waals surface area contributed by atoms with Crippen molar-refractivity contribution >= 4 is 82.5 Å². The van der Waals surface area contributed by atoms with Crippen LogP contribution in [-0.2, 0) is 44.8 Å². The molecule has 1 unspecified atom stereocenters. The zero-order valence-electron chi connectivity index (χ0n) is 34.4. The summed E-state index contributed by atoms with van der Waals surface area (Å²) >= 11 is 7.50. The molecule has 2 saturated heterocycles. The lowest BCUT2D eigenvalue weighted by molar-refractivity contribution is -0.140. The van der Waals surface area contributed by atoms with E-state index in [1.54, 1.807) is 19.1 Å². The van der Waals surface area contributed by atoms with Gasteiger partial charge in [0.05, 0.1) is 30.4 Å². The zero-order chi connectivity index (χ0) is 44.6. The standard InChI is InChI=1S/C40H57ClN8O11S/c1-3-22(2)34(47-31(52)13-5-4-8-16-42-30(51)12-7-6-11-29-35-26(21-61-29)46-40(60)48-35)38(58)44-24(14-15-32(53)54)39(59)49-27(18-23-10-9-17-43-36(23)49)37(57)45-25(19-33(55)56)28(50)20-41/h9-10,17,22,24-27,29,34-35H,3-8,11-16,18-21H2,1-2H3,(H,42,51)(H,44,58)(H,45,57)(H,47,52)(H,53,54)(H,55,56)(H2,46,48,60)/t22-,24-,25?,26-,27-,29-,34-,35-/m0/s1. The molecule has 0 radical (unpaired) electrons. The summed E-state index contributed by atoms with van der Waals surface area (Å²) in [6.07, 6.45) is 4.92. The Labute approximate surface area is 363 Å². The Balaban J connectivity index is 1.29. The summed E-state index contributed by atoms with van der Waals surface area (Å²) in [4.78, 5) is 120. The van der Waals surface area contributed by atoms with Crippen molar-refractivity contribution in [3.63, 3.8) is 0 Å². The molecule has 8 N–H and O–H groups in total. The molecule has 3 aliphatic heterocycles. The third-order valence-corrected chi connectivity index (χ3v) is 12.9. The predicted molar refractivity (Wildman–Crippen MR) is 225 cm³/mol. The van der Waals surface area contributed by atoms with Crippen LogP contribution in [-0.4, -0.2) is 128 Å². The van der Waals surface area contributed by atoms with Crippen molar-refractivity contribution < 1.29 is 53.4 Å². The topological polar surface area (TPSA) is 282 Å². The number of hydrogen-bond donors (Lipinski definition) is 8. The number of amides is 7. The number of thioether (sulfide) groups is 1. The number of nitrogens with one attached hydrogen (secondary N) is 6. The highest BCUT2D eigenvalue weighted by Crippen LogP contribution is 2.34. The van der Waals surface area contributed by atoms with Crippen molar-refractivity contribution in [3.05, 3.63) is 23.9 Å². The van der Waals surface area contributed by atoms with E-state index in [2.05, 4.69) is 36.9 Å². The summed E-state index contributed by atoms with van der Waals surface area (Å²) < 4.78 is 0. The molecule has 1 aromatic heterocycles. The molecule has 0 aromatic carbocycles. The fourth-order valence-electron chi connectivity index (χ4n) is 7.58. The lowest BCUT2D eigenvalue weighted by Gasteiger charge is -2.31. The van der Waals surface area contributed by atoms with Gasteiger partial charge in [-0.25, -0.2) is 9.78 Å². The van der Waals surface area contributed by atoms with E-state index < -0.39 is 90.2 Å². The normalized spacial score (nSPS) is 20.8. The first-order valence-electron chi connectivity index (χ1n) is 20.8. The van der Waals surface area contributed by atoms with E-state index in [9.17, 15) is 53.4 Å². The summed E-state index contributed by atoms with van der Waals surface area (Å²) in [6.45, 7) is 4.02. The molecule has 0 spiro atoms. The number of unbranched alkanes of at least 4 members (excludes halogenated alkanes) is 3. The maximum absolute atomic E-state index is 14.3. The molecule has 0 aliphatic carbocycles. The van der Waals surface area contributed by atoms with Crippen LogP contribution in [0.2, 0.25) is 0 Å². The highest BCUT2D eigenvalue weighted by Gasteiger charge is 2.44. The van der Waals surface area contributed by atoms with E-state index >= 15 is 0 Å². The maximum Gasteiger partial charge on any atom is 0.315 e. The van der Waals surface area contributed by atoms with Crippen LogP contribution in [0.3, 0.4) is 0 Å². The molecule has 61 heavy (non-hydrogen) atoms. The highest BCUT2D eigenvalue weighted by atomic mass is 35.5. The number of halogens is 1. The average Bonchev–Trinajstić information content (AvgIpc) is 3.92. The molecule has 4 heterocycles. The number of ketones is 1. The van der Waals surface area contributed by atoms with E-state index in [-0.39, 0.29) is 49.1 Å². The largest absolute Gasteiger partial charge is 0.481 e. The van der Waals surface area contributed by atoms with E-state index in [0.717, 1.165) is 29.9 Å². The number of anilines is 1. The molecule has 4 rings (SSSR count). The number of nitrogens with zero attached hydrogens (tertiary/aromatic N) is 2. The molecule has 3 aliphatic rings. The molecule has 7 amide bonds. The van der Waals surface area contributed by atoms with Crippen LogP contribution >= 0.6 is 23.4 Å². The lowest BCUT2D eigenvalue weighted by Crippen LogP contribution is -2.59. The van der Waals surface area contributed by atoms with Gasteiger partial charge in [-0.15, -0.1) is 11.6 Å². The van der Waals surface area contributed by atoms with Gasteiger partial charge in [-0.3, -0.25) is 43.3 Å². The minimum atomic E-state index is -1.49. The molecule has 336 valence electrons. The van der Waals surface area contributed by atoms with Crippen molar-refractivity contribution in [2.45, 2.75) is 139 Å². The smallest absolute Gasteiger partial charge is 0.315 e. The van der Waals surface area contributed by atoms with Crippen LogP contribution in [0.15, 0.2) is 18.3 Å². The van der Waals surface area contributed by atoms with Crippen molar-refractivity contribution in [3.8, 4) is 0 Å². The van der Waals surface area contributed by atoms with Gasteiger partial charge in [0.25, 0.3) is 5.91 Å². The van der Waals surface area contributed by atoms with Gasteiger partial charge in [-0.2, -0.15) is 11.8 Å². The molecule has 1 aromatic rings. The molecule has 2 fully saturated rings. The molecule has 21 heteroatoms. The van der Waals surface area contributed by atoms with Gasteiger partial charge >= 0.3 is 18.0 Å². The number of fused-ring (bicyclic) bond motifs is 2. The van der Waals surface area contributed by atoms with Crippen molar-refractivity contribution in [1.82, 2.24) is 36.9 Å². The Hall–Kier alpha value is -4.98. The molecule has 8 atom stereocenters. The predicted octanol–water partition coefficient (Wildman–Crippen LogP) is 1.39. The number of alkyl halides is 1. The molecule has 0 saturated carbocycles. The monoisotopic (exact) mass is 892 g/mol. The number of aliphatic carboxylic acids is 2. The van der Waals surface area contributed by atoms with Crippen LogP contribution in [0.1, 0.15) is 96.5 Å². The quantitative estimate of drug-likeness (QED) is 0.0371. The van der Waals surface area contributed by atoms with Gasteiger partial charge in [0.15, 0.2) is 5.78 Å². The number of aromatic nitrogens is 1. The number of rotatable bonds is 26. The summed E-state index contributed by atoms with van der Waals surface area (Å²) in [5, 5.41) is 35.7. The first-order valence-corrected chi connectivity index (χ1v) is 22.4. The Kier molecular flexibility index (Phi) is 19.0. The minimum Gasteiger partial charge on any atom is -0.481 e. The minimum absolute atomic E-state index is 0.0415. The average molecular weight is 893 g/mol. The molecule has 0 bridgehead atoms. The Morgan fingerprint density at radius 3 is 2.38 bits per heavy atom.